The predicted molar refractivity (Wildman–Crippen MR) is 69.6 cm³/mol. The number of rotatable bonds is 2. The first kappa shape index (κ1) is 14.1. The molecule has 1 heterocycles. The van der Waals surface area contributed by atoms with Gasteiger partial charge in [-0.15, -0.1) is 0 Å². The lowest BCUT2D eigenvalue weighted by molar-refractivity contribution is -0.168. The second kappa shape index (κ2) is 6.19. The maximum Gasteiger partial charge on any atom is 0.334 e. The van der Waals surface area contributed by atoms with Crippen molar-refractivity contribution >= 4 is 11.9 Å². The third-order valence-corrected chi connectivity index (χ3v) is 3.73. The highest BCUT2D eigenvalue weighted by molar-refractivity contribution is 5.80. The van der Waals surface area contributed by atoms with Crippen LogP contribution >= 0.6 is 0 Å². The Bertz CT molecular complexity index is 370. The van der Waals surface area contributed by atoms with E-state index < -0.39 is 12.1 Å². The van der Waals surface area contributed by atoms with Gasteiger partial charge < -0.3 is 14.7 Å². The molecule has 1 fully saturated rings. The topological polar surface area (TPSA) is 66.8 Å². The molecule has 2 rings (SSSR count). The molecule has 1 saturated heterocycles. The van der Waals surface area contributed by atoms with Crippen LogP contribution in [0.2, 0.25) is 0 Å². The van der Waals surface area contributed by atoms with Gasteiger partial charge in [-0.25, -0.2) is 4.79 Å². The van der Waals surface area contributed by atoms with Gasteiger partial charge in [0.15, 0.2) is 6.10 Å². The number of ether oxygens (including phenoxy) is 1. The highest BCUT2D eigenvalue weighted by atomic mass is 16.5. The second-order valence-corrected chi connectivity index (χ2v) is 5.34. The number of carbonyl (C=O) groups is 2. The largest absolute Gasteiger partial charge is 0.479 e. The number of amides is 1. The Labute approximate surface area is 113 Å². The Kier molecular flexibility index (Phi) is 4.58. The third-order valence-electron chi connectivity index (χ3n) is 3.73. The lowest BCUT2D eigenvalue weighted by Gasteiger charge is -2.36. The zero-order valence-electron chi connectivity index (χ0n) is 11.2. The normalized spacial score (nSPS) is 29.0. The fourth-order valence-corrected chi connectivity index (χ4v) is 2.75. The summed E-state index contributed by atoms with van der Waals surface area (Å²) in [5.41, 5.74) is 0. The maximum atomic E-state index is 12.5. The molecule has 0 bridgehead atoms. The smallest absolute Gasteiger partial charge is 0.334 e. The zero-order chi connectivity index (χ0) is 13.8. The van der Waals surface area contributed by atoms with Crippen molar-refractivity contribution in [3.63, 3.8) is 0 Å². The van der Waals surface area contributed by atoms with Gasteiger partial charge in [-0.2, -0.15) is 0 Å². The molecule has 1 N–H and O–H groups in total. The molecule has 5 nitrogen and oxygen atoms in total. The molecule has 0 unspecified atom stereocenters. The highest BCUT2D eigenvalue weighted by Crippen LogP contribution is 2.23. The summed E-state index contributed by atoms with van der Waals surface area (Å²) in [6.45, 7) is 2.47. The molecular weight excluding hydrogens is 246 g/mol. The minimum atomic E-state index is -0.994. The molecule has 1 aliphatic carbocycles. The number of carboxylic acid groups (broad SMARTS) is 1. The number of carboxylic acids is 1. The van der Waals surface area contributed by atoms with Crippen LogP contribution in [0, 0.1) is 5.92 Å². The molecule has 0 radical (unpaired) electrons. The average molecular weight is 267 g/mol. The first-order chi connectivity index (χ1) is 9.08. The minimum absolute atomic E-state index is 0.0229. The molecule has 0 aromatic rings. The first-order valence-electron chi connectivity index (χ1n) is 6.90. The Balaban J connectivity index is 1.99. The summed E-state index contributed by atoms with van der Waals surface area (Å²) >= 11 is 0. The molecule has 1 aliphatic heterocycles. The van der Waals surface area contributed by atoms with Crippen LogP contribution in [0.25, 0.3) is 0 Å². The van der Waals surface area contributed by atoms with Gasteiger partial charge in [0.05, 0.1) is 12.6 Å². The third kappa shape index (κ3) is 3.56. The van der Waals surface area contributed by atoms with Crippen LogP contribution in [-0.2, 0) is 14.3 Å². The summed E-state index contributed by atoms with van der Waals surface area (Å²) in [4.78, 5) is 25.2. The van der Waals surface area contributed by atoms with Crippen LogP contribution in [0.5, 0.6) is 0 Å². The van der Waals surface area contributed by atoms with Crippen LogP contribution in [0.15, 0.2) is 12.2 Å². The van der Waals surface area contributed by atoms with E-state index in [9.17, 15) is 9.59 Å². The summed E-state index contributed by atoms with van der Waals surface area (Å²) in [6.07, 6.45) is 6.71. The molecular formula is C14H21NO4. The van der Waals surface area contributed by atoms with E-state index in [1.807, 2.05) is 6.92 Å². The summed E-state index contributed by atoms with van der Waals surface area (Å²) in [5.74, 6) is -0.883. The van der Waals surface area contributed by atoms with E-state index >= 15 is 0 Å². The van der Waals surface area contributed by atoms with Gasteiger partial charge >= 0.3 is 5.97 Å². The van der Waals surface area contributed by atoms with Crippen LogP contribution in [0.4, 0.5) is 0 Å². The monoisotopic (exact) mass is 267 g/mol. The van der Waals surface area contributed by atoms with Crippen LogP contribution in [0.3, 0.4) is 0 Å². The Morgan fingerprint density at radius 3 is 2.42 bits per heavy atom. The van der Waals surface area contributed by atoms with Gasteiger partial charge in [0.25, 0.3) is 0 Å². The molecule has 0 spiro atoms. The summed E-state index contributed by atoms with van der Waals surface area (Å²) in [7, 11) is 0. The van der Waals surface area contributed by atoms with Crippen molar-refractivity contribution in [3.05, 3.63) is 12.2 Å². The number of hydrogen-bond acceptors (Lipinski definition) is 3. The summed E-state index contributed by atoms with van der Waals surface area (Å²) < 4.78 is 5.33. The van der Waals surface area contributed by atoms with Crippen molar-refractivity contribution in [3.8, 4) is 0 Å². The Hall–Kier alpha value is -1.36. The van der Waals surface area contributed by atoms with Gasteiger partial charge in [-0.05, 0) is 32.6 Å². The minimum Gasteiger partial charge on any atom is -0.479 e. The van der Waals surface area contributed by atoms with E-state index in [-0.39, 0.29) is 24.5 Å². The van der Waals surface area contributed by atoms with E-state index in [2.05, 4.69) is 12.2 Å². The predicted octanol–water partition coefficient (Wildman–Crippen LogP) is 1.43. The number of nitrogens with zero attached hydrogens (tertiary/aromatic N) is 1. The van der Waals surface area contributed by atoms with Gasteiger partial charge in [-0.3, -0.25) is 4.79 Å². The molecule has 0 saturated carbocycles. The Morgan fingerprint density at radius 1 is 1.21 bits per heavy atom. The molecule has 1 amide bonds. The van der Waals surface area contributed by atoms with Crippen LogP contribution in [-0.4, -0.2) is 47.2 Å². The van der Waals surface area contributed by atoms with E-state index in [0.29, 0.717) is 6.54 Å². The lowest BCUT2D eigenvalue weighted by atomic mass is 9.97. The molecule has 2 atom stereocenters. The van der Waals surface area contributed by atoms with Crippen molar-refractivity contribution in [1.82, 2.24) is 4.90 Å². The lowest BCUT2D eigenvalue weighted by Crippen LogP contribution is -2.53. The number of morpholine rings is 1. The molecule has 5 heteroatoms. The molecule has 0 aromatic heterocycles. The van der Waals surface area contributed by atoms with Gasteiger partial charge in [0, 0.05) is 12.5 Å². The zero-order valence-corrected chi connectivity index (χ0v) is 11.2. The van der Waals surface area contributed by atoms with Crippen molar-refractivity contribution in [1.29, 1.82) is 0 Å². The van der Waals surface area contributed by atoms with E-state index in [4.69, 9.17) is 9.84 Å². The van der Waals surface area contributed by atoms with Crippen molar-refractivity contribution in [2.75, 3.05) is 13.1 Å². The number of allylic oxidation sites excluding steroid dienone is 2. The maximum absolute atomic E-state index is 12.5. The molecule has 106 valence electrons. The molecule has 19 heavy (non-hydrogen) atoms. The van der Waals surface area contributed by atoms with Gasteiger partial charge in [-0.1, -0.05) is 12.2 Å². The summed E-state index contributed by atoms with van der Waals surface area (Å²) in [6, 6.07) is 0. The standard InChI is InChI=1S/C14H21NO4/c1-10-8-15(9-12(19-10)14(17)18)13(16)11-6-4-2-3-5-7-11/h2-3,10-12H,4-9H2,1H3,(H,17,18)/t10-,12-/m1/s1. The fraction of sp³-hybridized carbons (Fsp3) is 0.714. The number of hydrogen-bond donors (Lipinski definition) is 1. The average Bonchev–Trinajstić information content (AvgIpc) is 2.65. The summed E-state index contributed by atoms with van der Waals surface area (Å²) in [5, 5.41) is 9.04. The second-order valence-electron chi connectivity index (χ2n) is 5.34. The quantitative estimate of drug-likeness (QED) is 0.769. The number of aliphatic carboxylic acids is 1. The van der Waals surface area contributed by atoms with Crippen molar-refractivity contribution < 1.29 is 19.4 Å². The van der Waals surface area contributed by atoms with E-state index in [0.717, 1.165) is 25.7 Å². The highest BCUT2D eigenvalue weighted by Gasteiger charge is 2.34. The molecule has 0 aromatic carbocycles. The first-order valence-corrected chi connectivity index (χ1v) is 6.90. The number of carbonyl (C=O) groups excluding carboxylic acids is 1. The van der Waals surface area contributed by atoms with Crippen LogP contribution < -0.4 is 0 Å². The van der Waals surface area contributed by atoms with Gasteiger partial charge in [0.2, 0.25) is 5.91 Å². The van der Waals surface area contributed by atoms with Crippen molar-refractivity contribution in [2.45, 2.75) is 44.8 Å². The van der Waals surface area contributed by atoms with Crippen molar-refractivity contribution in [2.24, 2.45) is 5.92 Å². The Morgan fingerprint density at radius 2 is 1.84 bits per heavy atom. The van der Waals surface area contributed by atoms with E-state index in [1.165, 1.54) is 0 Å². The molecule has 2 aliphatic rings. The van der Waals surface area contributed by atoms with Gasteiger partial charge in [0.1, 0.15) is 0 Å². The SMILES string of the molecule is C[C@@H]1CN(C(=O)C2CCC=CCC2)C[C@H](C(=O)O)O1. The van der Waals surface area contributed by atoms with E-state index in [1.54, 1.807) is 4.90 Å². The fourth-order valence-electron chi connectivity index (χ4n) is 2.75. The van der Waals surface area contributed by atoms with Crippen LogP contribution in [0.1, 0.15) is 32.6 Å².